The average Bonchev–Trinajstić information content (AvgIpc) is 3.24. The third-order valence-corrected chi connectivity index (χ3v) is 3.94. The number of guanidine groups is 1. The maximum Gasteiger partial charge on any atom is 0.191 e. The van der Waals surface area contributed by atoms with Crippen LogP contribution >= 0.6 is 0 Å². The van der Waals surface area contributed by atoms with Crippen LogP contribution in [0.5, 0.6) is 0 Å². The van der Waals surface area contributed by atoms with Crippen molar-refractivity contribution in [3.63, 3.8) is 0 Å². The Kier molecular flexibility index (Phi) is 4.99. The van der Waals surface area contributed by atoms with E-state index in [0.717, 1.165) is 50.3 Å². The second kappa shape index (κ2) is 6.73. The predicted molar refractivity (Wildman–Crippen MR) is 81.6 cm³/mol. The highest BCUT2D eigenvalue weighted by molar-refractivity contribution is 5.79. The van der Waals surface area contributed by atoms with Crippen LogP contribution in [0.15, 0.2) is 29.3 Å². The summed E-state index contributed by atoms with van der Waals surface area (Å²) in [6, 6.07) is 7.10. The minimum Gasteiger partial charge on any atom is -0.356 e. The molecule has 1 aliphatic rings. The van der Waals surface area contributed by atoms with Crippen molar-refractivity contribution in [3.8, 4) is 0 Å². The van der Waals surface area contributed by atoms with Crippen molar-refractivity contribution >= 4 is 5.96 Å². The van der Waals surface area contributed by atoms with Gasteiger partial charge < -0.3 is 10.6 Å². The summed E-state index contributed by atoms with van der Waals surface area (Å²) >= 11 is 0. The van der Waals surface area contributed by atoms with Crippen LogP contribution in [-0.2, 0) is 5.41 Å². The number of nitrogens with one attached hydrogen (secondary N) is 2. The molecule has 2 N–H and O–H groups in total. The Labute approximate surface area is 120 Å². The Hall–Kier alpha value is -1.58. The highest BCUT2D eigenvalue weighted by Gasteiger charge is 2.45. The second-order valence-corrected chi connectivity index (χ2v) is 5.47. The first-order chi connectivity index (χ1) is 9.72. The fraction of sp³-hybridized carbons (Fsp3) is 0.562. The molecular weight excluding hydrogens is 253 g/mol. The molecule has 1 fully saturated rings. The SMILES string of the molecule is CCCCNC(=NC)NCC1(c2ccccc2F)CC1. The first-order valence-electron chi connectivity index (χ1n) is 7.41. The summed E-state index contributed by atoms with van der Waals surface area (Å²) in [7, 11) is 1.77. The number of aliphatic imine (C=N–C) groups is 1. The molecule has 0 bridgehead atoms. The van der Waals surface area contributed by atoms with Gasteiger partial charge >= 0.3 is 0 Å². The lowest BCUT2D eigenvalue weighted by Crippen LogP contribution is -2.41. The van der Waals surface area contributed by atoms with Crippen molar-refractivity contribution in [3.05, 3.63) is 35.6 Å². The summed E-state index contributed by atoms with van der Waals surface area (Å²) < 4.78 is 13.9. The molecule has 0 heterocycles. The molecule has 0 radical (unpaired) electrons. The minimum absolute atomic E-state index is 0.0479. The van der Waals surface area contributed by atoms with Gasteiger partial charge in [0.1, 0.15) is 5.82 Å². The number of unbranched alkanes of at least 4 members (excludes halogenated alkanes) is 1. The number of hydrogen-bond donors (Lipinski definition) is 2. The second-order valence-electron chi connectivity index (χ2n) is 5.47. The third kappa shape index (κ3) is 3.50. The monoisotopic (exact) mass is 277 g/mol. The van der Waals surface area contributed by atoms with Crippen LogP contribution in [0.4, 0.5) is 4.39 Å². The molecular formula is C16H24FN3. The van der Waals surface area contributed by atoms with Gasteiger partial charge in [0.25, 0.3) is 0 Å². The summed E-state index contributed by atoms with van der Waals surface area (Å²) in [6.07, 6.45) is 4.35. The average molecular weight is 277 g/mol. The number of halogens is 1. The fourth-order valence-electron chi connectivity index (χ4n) is 2.44. The maximum atomic E-state index is 13.9. The molecule has 0 atom stereocenters. The van der Waals surface area contributed by atoms with Crippen molar-refractivity contribution in [1.82, 2.24) is 10.6 Å². The van der Waals surface area contributed by atoms with E-state index in [0.29, 0.717) is 0 Å². The zero-order chi connectivity index (χ0) is 14.4. The molecule has 20 heavy (non-hydrogen) atoms. The lowest BCUT2D eigenvalue weighted by molar-refractivity contribution is 0.559. The van der Waals surface area contributed by atoms with Crippen molar-refractivity contribution in [1.29, 1.82) is 0 Å². The van der Waals surface area contributed by atoms with Crippen molar-refractivity contribution in [2.75, 3.05) is 20.1 Å². The van der Waals surface area contributed by atoms with Crippen LogP contribution in [0.2, 0.25) is 0 Å². The topological polar surface area (TPSA) is 36.4 Å². The van der Waals surface area contributed by atoms with E-state index >= 15 is 0 Å². The molecule has 0 aliphatic heterocycles. The van der Waals surface area contributed by atoms with Gasteiger partial charge in [-0.2, -0.15) is 0 Å². The van der Waals surface area contributed by atoms with Gasteiger partial charge in [0.05, 0.1) is 0 Å². The lowest BCUT2D eigenvalue weighted by atomic mass is 9.95. The van der Waals surface area contributed by atoms with Crippen LogP contribution in [0.25, 0.3) is 0 Å². The normalized spacial score (nSPS) is 16.9. The molecule has 1 aliphatic carbocycles. The Morgan fingerprint density at radius 2 is 2.05 bits per heavy atom. The maximum absolute atomic E-state index is 13.9. The molecule has 110 valence electrons. The minimum atomic E-state index is -0.0965. The van der Waals surface area contributed by atoms with Gasteiger partial charge in [-0.3, -0.25) is 4.99 Å². The van der Waals surface area contributed by atoms with Gasteiger partial charge in [-0.25, -0.2) is 4.39 Å². The van der Waals surface area contributed by atoms with Crippen LogP contribution in [0.3, 0.4) is 0 Å². The molecule has 0 spiro atoms. The Morgan fingerprint density at radius 3 is 2.65 bits per heavy atom. The smallest absolute Gasteiger partial charge is 0.191 e. The molecule has 1 aromatic carbocycles. The van der Waals surface area contributed by atoms with Gasteiger partial charge in [-0.1, -0.05) is 31.5 Å². The molecule has 3 nitrogen and oxygen atoms in total. The van der Waals surface area contributed by atoms with E-state index < -0.39 is 0 Å². The van der Waals surface area contributed by atoms with Gasteiger partial charge in [-0.15, -0.1) is 0 Å². The zero-order valence-electron chi connectivity index (χ0n) is 12.4. The van der Waals surface area contributed by atoms with E-state index in [1.807, 2.05) is 12.1 Å². The number of benzene rings is 1. The summed E-state index contributed by atoms with van der Waals surface area (Å²) in [5, 5.41) is 6.61. The third-order valence-electron chi connectivity index (χ3n) is 3.94. The summed E-state index contributed by atoms with van der Waals surface area (Å²) in [5.74, 6) is 0.710. The molecule has 2 rings (SSSR count). The molecule has 1 aromatic rings. The first-order valence-corrected chi connectivity index (χ1v) is 7.41. The lowest BCUT2D eigenvalue weighted by Gasteiger charge is -2.19. The van der Waals surface area contributed by atoms with Crippen LogP contribution in [0, 0.1) is 5.82 Å². The van der Waals surface area contributed by atoms with Gasteiger partial charge in [0.2, 0.25) is 0 Å². The first kappa shape index (κ1) is 14.8. The summed E-state index contributed by atoms with van der Waals surface area (Å²) in [4.78, 5) is 4.21. The van der Waals surface area contributed by atoms with E-state index in [2.05, 4.69) is 22.5 Å². The zero-order valence-corrected chi connectivity index (χ0v) is 12.4. The number of rotatable bonds is 6. The fourth-order valence-corrected chi connectivity index (χ4v) is 2.44. The molecule has 0 saturated heterocycles. The molecule has 0 unspecified atom stereocenters. The Morgan fingerprint density at radius 1 is 1.30 bits per heavy atom. The van der Waals surface area contributed by atoms with E-state index in [1.165, 1.54) is 0 Å². The Balaban J connectivity index is 1.91. The largest absolute Gasteiger partial charge is 0.356 e. The molecule has 1 saturated carbocycles. The van der Waals surface area contributed by atoms with Gasteiger partial charge in [0, 0.05) is 25.6 Å². The standard InChI is InChI=1S/C16H24FN3/c1-3-4-11-19-15(18-2)20-12-16(9-10-16)13-7-5-6-8-14(13)17/h5-8H,3-4,9-12H2,1-2H3,(H2,18,19,20). The quantitative estimate of drug-likeness (QED) is 0.476. The van der Waals surface area contributed by atoms with E-state index in [9.17, 15) is 4.39 Å². The van der Waals surface area contributed by atoms with Crippen molar-refractivity contribution in [2.24, 2.45) is 4.99 Å². The van der Waals surface area contributed by atoms with Crippen molar-refractivity contribution < 1.29 is 4.39 Å². The van der Waals surface area contributed by atoms with Crippen LogP contribution in [-0.4, -0.2) is 26.1 Å². The van der Waals surface area contributed by atoms with E-state index in [1.54, 1.807) is 19.2 Å². The number of nitrogens with zero attached hydrogens (tertiary/aromatic N) is 1. The van der Waals surface area contributed by atoms with E-state index in [-0.39, 0.29) is 11.2 Å². The van der Waals surface area contributed by atoms with Crippen molar-refractivity contribution in [2.45, 2.75) is 38.0 Å². The van der Waals surface area contributed by atoms with Crippen LogP contribution < -0.4 is 10.6 Å². The predicted octanol–water partition coefficient (Wildman–Crippen LogP) is 2.82. The van der Waals surface area contributed by atoms with Gasteiger partial charge in [0.15, 0.2) is 5.96 Å². The summed E-state index contributed by atoms with van der Waals surface area (Å²) in [5.41, 5.74) is 0.782. The molecule has 0 amide bonds. The highest BCUT2D eigenvalue weighted by Crippen LogP contribution is 2.48. The highest BCUT2D eigenvalue weighted by atomic mass is 19.1. The van der Waals surface area contributed by atoms with Crippen LogP contribution in [0.1, 0.15) is 38.2 Å². The summed E-state index contributed by atoms with van der Waals surface area (Å²) in [6.45, 7) is 3.82. The van der Waals surface area contributed by atoms with Gasteiger partial charge in [-0.05, 0) is 30.9 Å². The molecule has 0 aromatic heterocycles. The number of hydrogen-bond acceptors (Lipinski definition) is 1. The Bertz CT molecular complexity index is 467. The van der Waals surface area contributed by atoms with E-state index in [4.69, 9.17) is 0 Å². The molecule has 4 heteroatoms.